The van der Waals surface area contributed by atoms with Gasteiger partial charge in [0, 0.05) is 0 Å². The molecule has 0 bridgehead atoms. The first-order valence-electron chi connectivity index (χ1n) is 7.04. The molecule has 0 spiro atoms. The molecule has 2 fully saturated rings. The SMILES string of the molecule is C#C[C@H]1OC[C@H](NC(=O)OC(C)(C)C)[C@H]2OC(C)(C)O[C@H]21. The Hall–Kier alpha value is -1.29. The van der Waals surface area contributed by atoms with Crippen LogP contribution in [0.5, 0.6) is 0 Å². The molecule has 0 saturated carbocycles. The van der Waals surface area contributed by atoms with Gasteiger partial charge in [-0.2, -0.15) is 0 Å². The maximum Gasteiger partial charge on any atom is 0.408 e. The first kappa shape index (κ1) is 16.1. The lowest BCUT2D eigenvalue weighted by Gasteiger charge is -2.35. The van der Waals surface area contributed by atoms with E-state index in [9.17, 15) is 4.79 Å². The van der Waals surface area contributed by atoms with Crippen LogP contribution >= 0.6 is 0 Å². The second-order valence-corrected chi connectivity index (χ2v) is 6.74. The van der Waals surface area contributed by atoms with Crippen LogP contribution < -0.4 is 5.32 Å². The fraction of sp³-hybridized carbons (Fsp3) is 0.800. The molecule has 2 heterocycles. The van der Waals surface area contributed by atoms with E-state index in [4.69, 9.17) is 25.4 Å². The van der Waals surface area contributed by atoms with Gasteiger partial charge in [-0.15, -0.1) is 6.42 Å². The second-order valence-electron chi connectivity index (χ2n) is 6.74. The molecule has 4 atom stereocenters. The number of fused-ring (bicyclic) bond motifs is 1. The summed E-state index contributed by atoms with van der Waals surface area (Å²) in [6.07, 6.45) is 3.70. The number of hydrogen-bond acceptors (Lipinski definition) is 5. The minimum absolute atomic E-state index is 0.259. The van der Waals surface area contributed by atoms with Crippen molar-refractivity contribution in [2.75, 3.05) is 6.61 Å². The standard InChI is InChI=1S/C15H23NO5/c1-7-10-12-11(19-15(5,6)20-12)9(8-18-10)16-13(17)21-14(2,3)4/h1,9-12H,8H2,2-6H3,(H,16,17)/t9-,10+,11+,12-/m0/s1. The molecule has 0 aromatic rings. The molecule has 2 aliphatic rings. The van der Waals surface area contributed by atoms with Crippen molar-refractivity contribution >= 4 is 6.09 Å². The van der Waals surface area contributed by atoms with E-state index in [-0.39, 0.29) is 18.8 Å². The lowest BCUT2D eigenvalue weighted by Crippen LogP contribution is -2.58. The fourth-order valence-corrected chi connectivity index (χ4v) is 2.49. The highest BCUT2D eigenvalue weighted by Crippen LogP contribution is 2.35. The Morgan fingerprint density at radius 1 is 1.33 bits per heavy atom. The van der Waals surface area contributed by atoms with Crippen molar-refractivity contribution in [2.24, 2.45) is 0 Å². The van der Waals surface area contributed by atoms with Crippen LogP contribution in [0.15, 0.2) is 0 Å². The summed E-state index contributed by atoms with van der Waals surface area (Å²) in [5.41, 5.74) is -0.563. The van der Waals surface area contributed by atoms with Crippen LogP contribution in [-0.2, 0) is 18.9 Å². The Bertz CT molecular complexity index is 448. The largest absolute Gasteiger partial charge is 0.444 e. The molecule has 0 aliphatic carbocycles. The lowest BCUT2D eigenvalue weighted by molar-refractivity contribution is -0.149. The summed E-state index contributed by atoms with van der Waals surface area (Å²) in [5.74, 6) is 1.80. The summed E-state index contributed by atoms with van der Waals surface area (Å²) in [6, 6.07) is -0.365. The lowest BCUT2D eigenvalue weighted by atomic mass is 9.99. The Morgan fingerprint density at radius 2 is 1.95 bits per heavy atom. The molecular weight excluding hydrogens is 274 g/mol. The molecule has 6 heteroatoms. The quantitative estimate of drug-likeness (QED) is 0.742. The predicted octanol–water partition coefficient (Wildman–Crippen LogP) is 1.43. The fourth-order valence-electron chi connectivity index (χ4n) is 2.49. The smallest absolute Gasteiger partial charge is 0.408 e. The number of nitrogens with one attached hydrogen (secondary N) is 1. The topological polar surface area (TPSA) is 66.0 Å². The Kier molecular flexibility index (Phi) is 4.20. The van der Waals surface area contributed by atoms with Crippen LogP contribution in [0, 0.1) is 12.3 Å². The van der Waals surface area contributed by atoms with Crippen molar-refractivity contribution < 1.29 is 23.7 Å². The predicted molar refractivity (Wildman–Crippen MR) is 75.6 cm³/mol. The van der Waals surface area contributed by atoms with Crippen molar-refractivity contribution in [1.29, 1.82) is 0 Å². The number of rotatable bonds is 1. The molecule has 2 rings (SSSR count). The maximum atomic E-state index is 11.9. The summed E-state index contributed by atoms with van der Waals surface area (Å²) in [5, 5.41) is 2.77. The van der Waals surface area contributed by atoms with Crippen molar-refractivity contribution in [1.82, 2.24) is 5.32 Å². The first-order valence-corrected chi connectivity index (χ1v) is 7.04. The molecule has 1 amide bonds. The zero-order valence-corrected chi connectivity index (χ0v) is 13.1. The van der Waals surface area contributed by atoms with Gasteiger partial charge >= 0.3 is 6.09 Å². The maximum absolute atomic E-state index is 11.9. The van der Waals surface area contributed by atoms with Crippen LogP contribution in [0.4, 0.5) is 4.79 Å². The van der Waals surface area contributed by atoms with E-state index >= 15 is 0 Å². The molecule has 6 nitrogen and oxygen atoms in total. The van der Waals surface area contributed by atoms with Crippen LogP contribution in [0.2, 0.25) is 0 Å². The molecule has 2 aliphatic heterocycles. The van der Waals surface area contributed by atoms with Gasteiger partial charge in [-0.25, -0.2) is 4.79 Å². The summed E-state index contributed by atoms with van der Waals surface area (Å²) in [6.45, 7) is 9.29. The van der Waals surface area contributed by atoms with Crippen molar-refractivity contribution in [3.05, 3.63) is 0 Å². The number of carbonyl (C=O) groups is 1. The number of hydrogen-bond donors (Lipinski definition) is 1. The molecule has 0 unspecified atom stereocenters. The molecule has 0 aromatic carbocycles. The van der Waals surface area contributed by atoms with Crippen LogP contribution in [0.25, 0.3) is 0 Å². The van der Waals surface area contributed by atoms with Crippen molar-refractivity contribution in [2.45, 2.75) is 70.4 Å². The Labute approximate surface area is 125 Å². The summed E-state index contributed by atoms with van der Waals surface area (Å²) in [7, 11) is 0. The number of amides is 1. The third-order valence-electron chi connectivity index (χ3n) is 3.18. The average Bonchev–Trinajstić information content (AvgIpc) is 2.62. The number of terminal acetylenes is 1. The van der Waals surface area contributed by atoms with Gasteiger partial charge in [0.1, 0.15) is 23.9 Å². The van der Waals surface area contributed by atoms with E-state index in [1.54, 1.807) is 20.8 Å². The van der Waals surface area contributed by atoms with Gasteiger partial charge in [-0.3, -0.25) is 0 Å². The highest BCUT2D eigenvalue weighted by molar-refractivity contribution is 5.68. The minimum Gasteiger partial charge on any atom is -0.444 e. The van der Waals surface area contributed by atoms with E-state index in [1.165, 1.54) is 0 Å². The molecule has 2 saturated heterocycles. The first-order chi connectivity index (χ1) is 9.61. The zero-order chi connectivity index (χ0) is 15.8. The van der Waals surface area contributed by atoms with Crippen molar-refractivity contribution in [3.63, 3.8) is 0 Å². The molecule has 1 N–H and O–H groups in total. The minimum atomic E-state index is -0.758. The van der Waals surface area contributed by atoms with Crippen LogP contribution in [0.3, 0.4) is 0 Å². The number of carbonyl (C=O) groups excluding carboxylic acids is 1. The normalized spacial score (nSPS) is 34.7. The Morgan fingerprint density at radius 3 is 2.52 bits per heavy atom. The van der Waals surface area contributed by atoms with Gasteiger partial charge in [-0.05, 0) is 34.6 Å². The van der Waals surface area contributed by atoms with Gasteiger partial charge in [0.15, 0.2) is 5.79 Å². The summed E-state index contributed by atoms with van der Waals surface area (Å²) >= 11 is 0. The van der Waals surface area contributed by atoms with Gasteiger partial charge in [0.2, 0.25) is 0 Å². The molecular formula is C15H23NO5. The molecule has 0 radical (unpaired) electrons. The van der Waals surface area contributed by atoms with E-state index < -0.39 is 29.7 Å². The number of alkyl carbamates (subject to hydrolysis) is 1. The van der Waals surface area contributed by atoms with E-state index in [0.717, 1.165) is 0 Å². The van der Waals surface area contributed by atoms with E-state index in [1.807, 2.05) is 13.8 Å². The third-order valence-corrected chi connectivity index (χ3v) is 3.18. The van der Waals surface area contributed by atoms with Crippen molar-refractivity contribution in [3.8, 4) is 12.3 Å². The van der Waals surface area contributed by atoms with Gasteiger partial charge in [0.25, 0.3) is 0 Å². The van der Waals surface area contributed by atoms with Gasteiger partial charge in [-0.1, -0.05) is 5.92 Å². The second kappa shape index (κ2) is 5.48. The van der Waals surface area contributed by atoms with E-state index in [2.05, 4.69) is 11.2 Å². The zero-order valence-electron chi connectivity index (χ0n) is 13.1. The molecule has 21 heavy (non-hydrogen) atoms. The summed E-state index contributed by atoms with van der Waals surface area (Å²) in [4.78, 5) is 11.9. The van der Waals surface area contributed by atoms with Crippen LogP contribution in [0.1, 0.15) is 34.6 Å². The third kappa shape index (κ3) is 3.88. The number of ether oxygens (including phenoxy) is 4. The highest BCUT2D eigenvalue weighted by atomic mass is 16.8. The average molecular weight is 297 g/mol. The molecule has 0 aromatic heterocycles. The van der Waals surface area contributed by atoms with Gasteiger partial charge in [0.05, 0.1) is 12.6 Å². The molecule has 118 valence electrons. The summed E-state index contributed by atoms with van der Waals surface area (Å²) < 4.78 is 22.5. The van der Waals surface area contributed by atoms with E-state index in [0.29, 0.717) is 0 Å². The highest BCUT2D eigenvalue weighted by Gasteiger charge is 2.52. The monoisotopic (exact) mass is 297 g/mol. The van der Waals surface area contributed by atoms with Crippen LogP contribution in [-0.4, -0.2) is 48.4 Å². The van der Waals surface area contributed by atoms with Gasteiger partial charge < -0.3 is 24.3 Å². The Balaban J connectivity index is 2.05.